The third-order valence-corrected chi connectivity index (χ3v) is 11.1. The van der Waals surface area contributed by atoms with Gasteiger partial charge in [0.1, 0.15) is 5.58 Å². The third kappa shape index (κ3) is 4.50. The second kappa shape index (κ2) is 11.9. The lowest BCUT2D eigenvalue weighted by Crippen LogP contribution is -2.00. The molecule has 8 aromatic carbocycles. The van der Waals surface area contributed by atoms with Crippen LogP contribution in [0.1, 0.15) is 0 Å². The average Bonchev–Trinajstić information content (AvgIpc) is 4.04. The molecule has 0 saturated carbocycles. The molecule has 0 bridgehead atoms. The van der Waals surface area contributed by atoms with Gasteiger partial charge < -0.3 is 13.6 Å². The highest BCUT2D eigenvalue weighted by atomic mass is 16.3. The van der Waals surface area contributed by atoms with Crippen molar-refractivity contribution in [2.24, 2.45) is 0 Å². The molecule has 0 amide bonds. The highest BCUT2D eigenvalue weighted by Gasteiger charge is 2.21. The molecule has 6 nitrogen and oxygen atoms in total. The van der Waals surface area contributed by atoms with E-state index in [4.69, 9.17) is 14.5 Å². The number of hydrogen-bond acceptors (Lipinski definition) is 3. The van der Waals surface area contributed by atoms with Crippen molar-refractivity contribution in [3.63, 3.8) is 0 Å². The predicted octanol–water partition coefficient (Wildman–Crippen LogP) is 12.7. The number of rotatable bonds is 5. The zero-order valence-corrected chi connectivity index (χ0v) is 30.0. The molecular formula is C50H31N5O. The summed E-state index contributed by atoms with van der Waals surface area (Å²) < 4.78 is 13.3. The number of fused-ring (bicyclic) bond motifs is 10. The molecule has 0 fully saturated rings. The minimum absolute atomic E-state index is 0.689. The van der Waals surface area contributed by atoms with Crippen molar-refractivity contribution in [2.75, 3.05) is 0 Å². The maximum absolute atomic E-state index is 6.65. The smallest absolute Gasteiger partial charge is 0.182 e. The maximum Gasteiger partial charge on any atom is 0.182 e. The lowest BCUT2D eigenvalue weighted by Gasteiger charge is -2.13. The van der Waals surface area contributed by atoms with Gasteiger partial charge in [-0.15, -0.1) is 5.10 Å². The molecule has 0 spiro atoms. The topological polar surface area (TPSA) is 53.7 Å². The zero-order valence-electron chi connectivity index (χ0n) is 30.0. The van der Waals surface area contributed by atoms with Crippen LogP contribution in [0, 0.1) is 0 Å². The number of furan rings is 1. The Hall–Kier alpha value is -7.70. The molecule has 0 aliphatic rings. The molecule has 12 rings (SSSR count). The lowest BCUT2D eigenvalue weighted by molar-refractivity contribution is 0.671. The van der Waals surface area contributed by atoms with Gasteiger partial charge in [-0.2, -0.15) is 0 Å². The first kappa shape index (κ1) is 30.7. The molecule has 0 atom stereocenters. The summed E-state index contributed by atoms with van der Waals surface area (Å²) in [7, 11) is 0. The van der Waals surface area contributed by atoms with Gasteiger partial charge in [0.05, 0.1) is 27.8 Å². The third-order valence-electron chi connectivity index (χ3n) is 11.1. The molecule has 0 unspecified atom stereocenters. The van der Waals surface area contributed by atoms with E-state index in [1.807, 2.05) is 47.1 Å². The minimum atomic E-state index is 0.689. The van der Waals surface area contributed by atoms with Crippen LogP contribution in [0.2, 0.25) is 0 Å². The Bertz CT molecular complexity index is 3480. The number of aromatic nitrogens is 5. The SMILES string of the molecule is c1ccc(-c2nc(-c3ccc4c(c3)c3ccccc3n4-c3cccc(-n4c5ccccc5c5ccc6c7ccccc7oc6c54)c3)n(-c3ccccc3)n2)cc1. The van der Waals surface area contributed by atoms with Crippen LogP contribution in [-0.4, -0.2) is 23.9 Å². The molecule has 4 heterocycles. The highest BCUT2D eigenvalue weighted by Crippen LogP contribution is 2.41. The Morgan fingerprint density at radius 2 is 1.00 bits per heavy atom. The Morgan fingerprint density at radius 1 is 0.393 bits per heavy atom. The Balaban J connectivity index is 1.07. The Labute approximate surface area is 320 Å². The van der Waals surface area contributed by atoms with Gasteiger partial charge in [0.15, 0.2) is 17.2 Å². The van der Waals surface area contributed by atoms with Crippen LogP contribution in [0.25, 0.3) is 105 Å². The molecule has 0 aliphatic heterocycles. The van der Waals surface area contributed by atoms with E-state index < -0.39 is 0 Å². The van der Waals surface area contributed by atoms with Gasteiger partial charge in [-0.05, 0) is 72.8 Å². The first-order valence-corrected chi connectivity index (χ1v) is 18.8. The predicted molar refractivity (Wildman–Crippen MR) is 228 cm³/mol. The van der Waals surface area contributed by atoms with E-state index in [9.17, 15) is 0 Å². The van der Waals surface area contributed by atoms with Crippen molar-refractivity contribution in [3.8, 4) is 39.8 Å². The second-order valence-electron chi connectivity index (χ2n) is 14.3. The molecule has 0 aliphatic carbocycles. The van der Waals surface area contributed by atoms with Gasteiger partial charge in [0, 0.05) is 54.8 Å². The van der Waals surface area contributed by atoms with Crippen LogP contribution in [0.4, 0.5) is 0 Å². The van der Waals surface area contributed by atoms with E-state index in [1.54, 1.807) is 0 Å². The van der Waals surface area contributed by atoms with Crippen molar-refractivity contribution in [1.29, 1.82) is 0 Å². The quantitative estimate of drug-likeness (QED) is 0.178. The molecule has 4 aromatic heterocycles. The van der Waals surface area contributed by atoms with Crippen LogP contribution in [-0.2, 0) is 0 Å². The van der Waals surface area contributed by atoms with Crippen molar-refractivity contribution in [3.05, 3.63) is 188 Å². The van der Waals surface area contributed by atoms with E-state index >= 15 is 0 Å². The maximum atomic E-state index is 6.65. The van der Waals surface area contributed by atoms with Crippen LogP contribution in [0.5, 0.6) is 0 Å². The normalized spacial score (nSPS) is 11.9. The van der Waals surface area contributed by atoms with E-state index in [1.165, 1.54) is 16.2 Å². The van der Waals surface area contributed by atoms with E-state index in [0.29, 0.717) is 5.82 Å². The fourth-order valence-corrected chi connectivity index (χ4v) is 8.62. The monoisotopic (exact) mass is 717 g/mol. The van der Waals surface area contributed by atoms with Crippen LogP contribution in [0.3, 0.4) is 0 Å². The van der Waals surface area contributed by atoms with Gasteiger partial charge in [-0.25, -0.2) is 9.67 Å². The summed E-state index contributed by atoms with van der Waals surface area (Å²) in [5.74, 6) is 1.48. The lowest BCUT2D eigenvalue weighted by atomic mass is 10.1. The van der Waals surface area contributed by atoms with Crippen LogP contribution in [0.15, 0.2) is 192 Å². The molecular weight excluding hydrogens is 687 g/mol. The first-order chi connectivity index (χ1) is 27.8. The number of hydrogen-bond donors (Lipinski definition) is 0. The molecule has 0 saturated heterocycles. The van der Waals surface area contributed by atoms with E-state index in [0.717, 1.165) is 83.4 Å². The number of nitrogens with zero attached hydrogens (tertiary/aromatic N) is 5. The molecule has 0 N–H and O–H groups in total. The zero-order chi connectivity index (χ0) is 36.7. The summed E-state index contributed by atoms with van der Waals surface area (Å²) in [6, 6.07) is 66.0. The van der Waals surface area contributed by atoms with Crippen molar-refractivity contribution in [2.45, 2.75) is 0 Å². The summed E-state index contributed by atoms with van der Waals surface area (Å²) in [6.45, 7) is 0. The van der Waals surface area contributed by atoms with E-state index in [2.05, 4.69) is 155 Å². The molecule has 12 aromatic rings. The summed E-state index contributed by atoms with van der Waals surface area (Å²) in [5.41, 5.74) is 11.3. The van der Waals surface area contributed by atoms with Gasteiger partial charge in [0.25, 0.3) is 0 Å². The fourth-order valence-electron chi connectivity index (χ4n) is 8.62. The van der Waals surface area contributed by atoms with Gasteiger partial charge >= 0.3 is 0 Å². The van der Waals surface area contributed by atoms with Gasteiger partial charge in [-0.1, -0.05) is 115 Å². The molecule has 262 valence electrons. The highest BCUT2D eigenvalue weighted by molar-refractivity contribution is 6.21. The molecule has 56 heavy (non-hydrogen) atoms. The van der Waals surface area contributed by atoms with Crippen molar-refractivity contribution >= 4 is 65.6 Å². The summed E-state index contributed by atoms with van der Waals surface area (Å²) in [6.07, 6.45) is 0. The number of para-hydroxylation sites is 4. The fraction of sp³-hybridized carbons (Fsp3) is 0. The molecule has 6 heteroatoms. The Kier molecular flexibility index (Phi) is 6.53. The standard InChI is InChI=1S/C50H31N5O/c1-3-14-32(15-4-1)49-51-50(55(52-49)34-16-5-2-6-17-34)33-26-29-45-42(30-33)38-21-8-10-23-43(38)53(45)35-18-13-19-36(31-35)54-44-24-11-7-20-37(44)40-27-28-41-39-22-9-12-25-46(39)56-48(41)47(40)54/h1-31H. The Morgan fingerprint density at radius 3 is 1.80 bits per heavy atom. The largest absolute Gasteiger partial charge is 0.454 e. The summed E-state index contributed by atoms with van der Waals surface area (Å²) in [5, 5.41) is 11.9. The summed E-state index contributed by atoms with van der Waals surface area (Å²) >= 11 is 0. The summed E-state index contributed by atoms with van der Waals surface area (Å²) in [4.78, 5) is 5.14. The van der Waals surface area contributed by atoms with Crippen LogP contribution >= 0.6 is 0 Å². The van der Waals surface area contributed by atoms with Crippen molar-refractivity contribution in [1.82, 2.24) is 23.9 Å². The van der Waals surface area contributed by atoms with Gasteiger partial charge in [0.2, 0.25) is 0 Å². The molecule has 0 radical (unpaired) electrons. The average molecular weight is 718 g/mol. The minimum Gasteiger partial charge on any atom is -0.454 e. The van der Waals surface area contributed by atoms with Crippen molar-refractivity contribution < 1.29 is 4.42 Å². The number of benzene rings is 8. The first-order valence-electron chi connectivity index (χ1n) is 18.8. The second-order valence-corrected chi connectivity index (χ2v) is 14.3. The van der Waals surface area contributed by atoms with Gasteiger partial charge in [-0.3, -0.25) is 0 Å². The van der Waals surface area contributed by atoms with E-state index in [-0.39, 0.29) is 0 Å². The van der Waals surface area contributed by atoms with Crippen LogP contribution < -0.4 is 0 Å².